The van der Waals surface area contributed by atoms with E-state index >= 15 is 0 Å². The number of hydrogen-bond acceptors (Lipinski definition) is 4. The summed E-state index contributed by atoms with van der Waals surface area (Å²) in [6.45, 7) is 0. The molecule has 0 unspecified atom stereocenters. The second-order valence-corrected chi connectivity index (χ2v) is 2.58. The Morgan fingerprint density at radius 2 is 2.23 bits per heavy atom. The molecule has 0 saturated carbocycles. The molecule has 1 aromatic carbocycles. The van der Waals surface area contributed by atoms with E-state index in [1.165, 1.54) is 0 Å². The average Bonchev–Trinajstić information content (AvgIpc) is 2.59. The molecule has 64 valence electrons. The molecule has 0 spiro atoms. The van der Waals surface area contributed by atoms with Crippen LogP contribution in [-0.4, -0.2) is 0 Å². The molecule has 1 aliphatic rings. The summed E-state index contributed by atoms with van der Waals surface area (Å²) < 4.78 is 5.28. The van der Waals surface area contributed by atoms with Crippen molar-refractivity contribution in [2.24, 2.45) is 5.73 Å². The van der Waals surface area contributed by atoms with Gasteiger partial charge in [-0.05, 0) is 12.1 Å². The fourth-order valence-electron chi connectivity index (χ4n) is 1.09. The van der Waals surface area contributed by atoms with E-state index in [1.807, 2.05) is 24.3 Å². The Morgan fingerprint density at radius 3 is 2.92 bits per heavy atom. The average molecular weight is 173 g/mol. The van der Waals surface area contributed by atoms with E-state index in [1.54, 1.807) is 6.07 Å². The maximum atomic E-state index is 8.52. The minimum absolute atomic E-state index is 0.0520. The van der Waals surface area contributed by atoms with Crippen molar-refractivity contribution in [2.75, 3.05) is 5.32 Å². The first-order chi connectivity index (χ1) is 6.31. The van der Waals surface area contributed by atoms with Crippen molar-refractivity contribution in [2.45, 2.75) is 0 Å². The van der Waals surface area contributed by atoms with E-state index < -0.39 is 0 Å². The zero-order valence-electron chi connectivity index (χ0n) is 6.74. The third-order valence-electron chi connectivity index (χ3n) is 1.71. The van der Waals surface area contributed by atoms with Crippen molar-refractivity contribution >= 4 is 5.69 Å². The van der Waals surface area contributed by atoms with Gasteiger partial charge in [-0.25, -0.2) is 0 Å². The number of nitrogens with zero attached hydrogens (tertiary/aromatic N) is 1. The minimum Gasteiger partial charge on any atom is -0.436 e. The van der Waals surface area contributed by atoms with Crippen molar-refractivity contribution in [1.82, 2.24) is 0 Å². The molecule has 0 aliphatic carbocycles. The zero-order valence-corrected chi connectivity index (χ0v) is 6.74. The van der Waals surface area contributed by atoms with Crippen LogP contribution in [0.3, 0.4) is 0 Å². The Bertz CT molecular complexity index is 390. The monoisotopic (exact) mass is 173 g/mol. The van der Waals surface area contributed by atoms with E-state index in [0.29, 0.717) is 11.6 Å². The van der Waals surface area contributed by atoms with Gasteiger partial charge in [0.15, 0.2) is 11.4 Å². The number of allylic oxidation sites excluding steroid dienone is 1. The second kappa shape index (κ2) is 2.72. The Hall–Kier alpha value is -2.15. The van der Waals surface area contributed by atoms with Crippen LogP contribution < -0.4 is 15.8 Å². The Morgan fingerprint density at radius 1 is 1.46 bits per heavy atom. The molecule has 0 fully saturated rings. The van der Waals surface area contributed by atoms with Crippen LogP contribution in [0.15, 0.2) is 35.8 Å². The van der Waals surface area contributed by atoms with Gasteiger partial charge in [-0.1, -0.05) is 12.1 Å². The molecule has 1 heterocycles. The molecular formula is C9H7N3O. The smallest absolute Gasteiger partial charge is 0.232 e. The number of ether oxygens (including phenoxy) is 1. The van der Waals surface area contributed by atoms with Crippen LogP contribution >= 0.6 is 0 Å². The summed E-state index contributed by atoms with van der Waals surface area (Å²) in [6, 6.07) is 9.20. The Balaban J connectivity index is 2.39. The van der Waals surface area contributed by atoms with Gasteiger partial charge in [0, 0.05) is 0 Å². The second-order valence-electron chi connectivity index (χ2n) is 2.58. The van der Waals surface area contributed by atoms with Crippen LogP contribution in [-0.2, 0) is 0 Å². The number of para-hydroxylation sites is 2. The highest BCUT2D eigenvalue weighted by atomic mass is 16.5. The van der Waals surface area contributed by atoms with Crippen LogP contribution in [0.2, 0.25) is 0 Å². The molecule has 0 bridgehead atoms. The number of benzene rings is 1. The standard InChI is InChI=1S/C9H7N3O/c10-5-6(11)9-12-7-3-1-2-4-8(7)13-9/h1-4,12H,11H2/b9-6-. The van der Waals surface area contributed by atoms with Gasteiger partial charge in [0.1, 0.15) is 6.07 Å². The lowest BCUT2D eigenvalue weighted by Crippen LogP contribution is -2.07. The van der Waals surface area contributed by atoms with Crippen molar-refractivity contribution in [1.29, 1.82) is 5.26 Å². The first-order valence-electron chi connectivity index (χ1n) is 3.75. The summed E-state index contributed by atoms with van der Waals surface area (Å²) in [5.41, 5.74) is 6.27. The molecule has 1 aliphatic heterocycles. The highest BCUT2D eigenvalue weighted by Crippen LogP contribution is 2.32. The first-order valence-corrected chi connectivity index (χ1v) is 3.75. The van der Waals surface area contributed by atoms with Crippen LogP contribution in [0.4, 0.5) is 5.69 Å². The number of nitriles is 1. The number of anilines is 1. The van der Waals surface area contributed by atoms with E-state index in [4.69, 9.17) is 15.7 Å². The normalized spacial score (nSPS) is 16.5. The van der Waals surface area contributed by atoms with Gasteiger partial charge >= 0.3 is 0 Å². The third-order valence-corrected chi connectivity index (χ3v) is 1.71. The van der Waals surface area contributed by atoms with Crippen LogP contribution in [0, 0.1) is 11.3 Å². The van der Waals surface area contributed by atoms with Crippen LogP contribution in [0.1, 0.15) is 0 Å². The van der Waals surface area contributed by atoms with Crippen molar-refractivity contribution in [3.05, 3.63) is 35.8 Å². The molecular weight excluding hydrogens is 166 g/mol. The molecule has 0 amide bonds. The third kappa shape index (κ3) is 1.16. The van der Waals surface area contributed by atoms with Gasteiger partial charge < -0.3 is 15.8 Å². The maximum Gasteiger partial charge on any atom is 0.232 e. The van der Waals surface area contributed by atoms with Crippen LogP contribution in [0.5, 0.6) is 5.75 Å². The quantitative estimate of drug-likeness (QED) is 0.577. The molecule has 2 rings (SSSR count). The molecule has 0 saturated heterocycles. The lowest BCUT2D eigenvalue weighted by atomic mass is 10.3. The molecule has 3 N–H and O–H groups in total. The SMILES string of the molecule is N#C/C(N)=C1\Nc2ccccc2O1. The fraction of sp³-hybridized carbons (Fsp3) is 0. The topological polar surface area (TPSA) is 71.1 Å². The van der Waals surface area contributed by atoms with E-state index in [2.05, 4.69) is 5.32 Å². The lowest BCUT2D eigenvalue weighted by Gasteiger charge is -1.97. The molecule has 0 radical (unpaired) electrons. The van der Waals surface area contributed by atoms with Gasteiger partial charge in [-0.3, -0.25) is 0 Å². The molecule has 4 nitrogen and oxygen atoms in total. The Kier molecular flexibility index (Phi) is 1.57. The number of hydrogen-bond donors (Lipinski definition) is 2. The number of nitrogens with two attached hydrogens (primary N) is 1. The summed E-state index contributed by atoms with van der Waals surface area (Å²) in [4.78, 5) is 0. The highest BCUT2D eigenvalue weighted by Gasteiger charge is 2.17. The molecule has 13 heavy (non-hydrogen) atoms. The van der Waals surface area contributed by atoms with Gasteiger partial charge in [0.25, 0.3) is 0 Å². The number of fused-ring (bicyclic) bond motifs is 1. The Labute approximate surface area is 75.2 Å². The maximum absolute atomic E-state index is 8.52. The molecule has 0 aromatic heterocycles. The minimum atomic E-state index is 0.0520. The predicted octanol–water partition coefficient (Wildman–Crippen LogP) is 1.14. The number of nitrogens with one attached hydrogen (secondary N) is 1. The van der Waals surface area contributed by atoms with Crippen molar-refractivity contribution in [3.8, 4) is 11.8 Å². The van der Waals surface area contributed by atoms with Gasteiger partial charge in [0.2, 0.25) is 5.88 Å². The fourth-order valence-corrected chi connectivity index (χ4v) is 1.09. The van der Waals surface area contributed by atoms with Gasteiger partial charge in [-0.15, -0.1) is 0 Å². The highest BCUT2D eigenvalue weighted by molar-refractivity contribution is 5.64. The van der Waals surface area contributed by atoms with Crippen LogP contribution in [0.25, 0.3) is 0 Å². The van der Waals surface area contributed by atoms with E-state index in [9.17, 15) is 0 Å². The summed E-state index contributed by atoms with van der Waals surface area (Å²) in [5.74, 6) is 0.999. The van der Waals surface area contributed by atoms with E-state index in [-0.39, 0.29) is 5.70 Å². The largest absolute Gasteiger partial charge is 0.436 e. The zero-order chi connectivity index (χ0) is 9.26. The van der Waals surface area contributed by atoms with Crippen molar-refractivity contribution < 1.29 is 4.74 Å². The number of rotatable bonds is 0. The van der Waals surface area contributed by atoms with E-state index in [0.717, 1.165) is 5.69 Å². The molecule has 4 heteroatoms. The molecule has 0 atom stereocenters. The van der Waals surface area contributed by atoms with Gasteiger partial charge in [0.05, 0.1) is 5.69 Å². The van der Waals surface area contributed by atoms with Crippen molar-refractivity contribution in [3.63, 3.8) is 0 Å². The first kappa shape index (κ1) is 7.50. The summed E-state index contributed by atoms with van der Waals surface area (Å²) in [7, 11) is 0. The molecule has 1 aromatic rings. The lowest BCUT2D eigenvalue weighted by molar-refractivity contribution is 0.452. The summed E-state index contributed by atoms with van der Waals surface area (Å²) in [5, 5.41) is 11.4. The van der Waals surface area contributed by atoms with Gasteiger partial charge in [-0.2, -0.15) is 5.26 Å². The summed E-state index contributed by atoms with van der Waals surface area (Å²) in [6.07, 6.45) is 0. The summed E-state index contributed by atoms with van der Waals surface area (Å²) >= 11 is 0. The predicted molar refractivity (Wildman–Crippen MR) is 47.5 cm³/mol.